The van der Waals surface area contributed by atoms with E-state index in [-0.39, 0.29) is 18.6 Å². The monoisotopic (exact) mass is 361 g/mol. The van der Waals surface area contributed by atoms with Gasteiger partial charge in [-0.25, -0.2) is 4.79 Å². The molecule has 1 aromatic carbocycles. The Kier molecular flexibility index (Phi) is 7.51. The Morgan fingerprint density at radius 1 is 1.19 bits per heavy atom. The maximum absolute atomic E-state index is 12.0. The summed E-state index contributed by atoms with van der Waals surface area (Å²) in [5.41, 5.74) is 0.685. The summed E-state index contributed by atoms with van der Waals surface area (Å²) in [5.74, 6) is 0.724. The van der Waals surface area contributed by atoms with E-state index in [1.165, 1.54) is 19.6 Å². The van der Waals surface area contributed by atoms with Gasteiger partial charge in [-0.1, -0.05) is 31.9 Å². The Morgan fingerprint density at radius 3 is 2.65 bits per heavy atom. The Morgan fingerprint density at radius 2 is 1.96 bits per heavy atom. The van der Waals surface area contributed by atoms with E-state index in [4.69, 9.17) is 14.2 Å². The van der Waals surface area contributed by atoms with Crippen molar-refractivity contribution in [3.63, 3.8) is 0 Å². The van der Waals surface area contributed by atoms with Gasteiger partial charge in [0, 0.05) is 17.7 Å². The molecule has 1 fully saturated rings. The number of esters is 1. The topological polar surface area (TPSA) is 73.9 Å². The number of rotatable bonds is 7. The van der Waals surface area contributed by atoms with E-state index in [9.17, 15) is 9.59 Å². The van der Waals surface area contributed by atoms with Gasteiger partial charge in [-0.2, -0.15) is 0 Å². The average Bonchev–Trinajstić information content (AvgIpc) is 2.66. The van der Waals surface area contributed by atoms with Crippen LogP contribution in [0.4, 0.5) is 0 Å². The Labute approximate surface area is 154 Å². The van der Waals surface area contributed by atoms with E-state index >= 15 is 0 Å². The lowest BCUT2D eigenvalue weighted by Gasteiger charge is -2.29. The summed E-state index contributed by atoms with van der Waals surface area (Å²) < 4.78 is 15.5. The quantitative estimate of drug-likeness (QED) is 0.597. The van der Waals surface area contributed by atoms with Gasteiger partial charge >= 0.3 is 5.97 Å². The van der Waals surface area contributed by atoms with Crippen molar-refractivity contribution < 1.29 is 23.8 Å². The standard InChI is InChI=1S/C20H27NO5/c1-14-7-4-5-9-16(14)21-18(22)13-26-19(23)12-11-15-8-6-10-17(24-2)20(15)25-3/h6,8,10-12,14,16H,4-5,7,9,13H2,1-3H3,(H,21,22)/b12-11+/t14-,16+/m0/s1. The molecule has 1 aliphatic rings. The van der Waals surface area contributed by atoms with Crippen molar-refractivity contribution in [1.82, 2.24) is 5.32 Å². The zero-order valence-corrected chi connectivity index (χ0v) is 15.6. The highest BCUT2D eigenvalue weighted by Crippen LogP contribution is 2.31. The van der Waals surface area contributed by atoms with Crippen LogP contribution < -0.4 is 14.8 Å². The van der Waals surface area contributed by atoms with E-state index in [2.05, 4.69) is 12.2 Å². The molecule has 0 spiro atoms. The molecule has 6 nitrogen and oxygen atoms in total. The molecular weight excluding hydrogens is 334 g/mol. The number of carbonyl (C=O) groups excluding carboxylic acids is 2. The summed E-state index contributed by atoms with van der Waals surface area (Å²) in [7, 11) is 3.08. The molecule has 26 heavy (non-hydrogen) atoms. The van der Waals surface area contributed by atoms with Crippen LogP contribution in [0.5, 0.6) is 11.5 Å². The number of nitrogens with one attached hydrogen (secondary N) is 1. The number of hydrogen-bond donors (Lipinski definition) is 1. The van der Waals surface area contributed by atoms with Crippen molar-refractivity contribution in [3.8, 4) is 11.5 Å². The van der Waals surface area contributed by atoms with Crippen molar-refractivity contribution in [2.75, 3.05) is 20.8 Å². The number of ether oxygens (including phenoxy) is 3. The van der Waals surface area contributed by atoms with Gasteiger partial charge in [0.2, 0.25) is 0 Å². The lowest BCUT2D eigenvalue weighted by atomic mass is 9.86. The van der Waals surface area contributed by atoms with Crippen LogP contribution in [-0.2, 0) is 14.3 Å². The second-order valence-electron chi connectivity index (χ2n) is 6.46. The Balaban J connectivity index is 1.85. The first kappa shape index (κ1) is 19.8. The minimum Gasteiger partial charge on any atom is -0.493 e. The number of benzene rings is 1. The molecule has 6 heteroatoms. The normalized spacial score (nSPS) is 19.8. The Bertz CT molecular complexity index is 656. The third-order valence-electron chi connectivity index (χ3n) is 4.64. The van der Waals surface area contributed by atoms with Crippen LogP contribution in [0.15, 0.2) is 24.3 Å². The van der Waals surface area contributed by atoms with Gasteiger partial charge in [0.15, 0.2) is 18.1 Å². The molecule has 1 amide bonds. The van der Waals surface area contributed by atoms with Crippen LogP contribution in [0, 0.1) is 5.92 Å². The summed E-state index contributed by atoms with van der Waals surface area (Å²) in [5, 5.41) is 2.95. The SMILES string of the molecule is COc1cccc(/C=C/C(=O)OCC(=O)N[C@@H]2CCCC[C@@H]2C)c1OC. The first-order valence-corrected chi connectivity index (χ1v) is 8.90. The lowest BCUT2D eigenvalue weighted by Crippen LogP contribution is -2.42. The molecule has 0 aliphatic heterocycles. The van der Waals surface area contributed by atoms with E-state index in [1.807, 2.05) is 0 Å². The minimum atomic E-state index is -0.582. The van der Waals surface area contributed by atoms with Crippen molar-refractivity contribution in [3.05, 3.63) is 29.8 Å². The fraction of sp³-hybridized carbons (Fsp3) is 0.500. The number of carbonyl (C=O) groups is 2. The van der Waals surface area contributed by atoms with E-state index in [0.29, 0.717) is 23.0 Å². The molecule has 0 unspecified atom stereocenters. The first-order valence-electron chi connectivity index (χ1n) is 8.90. The molecule has 0 heterocycles. The van der Waals surface area contributed by atoms with E-state index < -0.39 is 5.97 Å². The van der Waals surface area contributed by atoms with Gasteiger partial charge < -0.3 is 19.5 Å². The van der Waals surface area contributed by atoms with Gasteiger partial charge in [-0.15, -0.1) is 0 Å². The lowest BCUT2D eigenvalue weighted by molar-refractivity contribution is -0.144. The van der Waals surface area contributed by atoms with Crippen molar-refractivity contribution >= 4 is 18.0 Å². The summed E-state index contributed by atoms with van der Waals surface area (Å²) in [6.45, 7) is 1.86. The molecule has 2 rings (SSSR count). The second kappa shape index (κ2) is 9.85. The number of methoxy groups -OCH3 is 2. The molecule has 0 saturated heterocycles. The first-order chi connectivity index (χ1) is 12.5. The average molecular weight is 361 g/mol. The van der Waals surface area contributed by atoms with Crippen molar-refractivity contribution in [1.29, 1.82) is 0 Å². The molecule has 142 valence electrons. The summed E-state index contributed by atoms with van der Waals surface area (Å²) in [4.78, 5) is 23.8. The highest BCUT2D eigenvalue weighted by Gasteiger charge is 2.22. The zero-order chi connectivity index (χ0) is 18.9. The molecule has 0 bridgehead atoms. The van der Waals surface area contributed by atoms with Crippen LogP contribution >= 0.6 is 0 Å². The summed E-state index contributed by atoms with van der Waals surface area (Å²) in [6.07, 6.45) is 7.28. The zero-order valence-electron chi connectivity index (χ0n) is 15.6. The maximum Gasteiger partial charge on any atom is 0.331 e. The smallest absolute Gasteiger partial charge is 0.331 e. The van der Waals surface area contributed by atoms with Crippen LogP contribution in [0.2, 0.25) is 0 Å². The van der Waals surface area contributed by atoms with E-state index in [0.717, 1.165) is 19.3 Å². The predicted molar refractivity (Wildman–Crippen MR) is 99.1 cm³/mol. The molecule has 1 saturated carbocycles. The third kappa shape index (κ3) is 5.51. The van der Waals surface area contributed by atoms with Crippen LogP contribution in [-0.4, -0.2) is 38.7 Å². The minimum absolute atomic E-state index is 0.173. The molecular formula is C20H27NO5. The fourth-order valence-electron chi connectivity index (χ4n) is 3.16. The number of para-hydroxylation sites is 1. The van der Waals surface area contributed by atoms with Gasteiger partial charge in [0.05, 0.1) is 14.2 Å². The molecule has 0 aromatic heterocycles. The number of amides is 1. The number of hydrogen-bond acceptors (Lipinski definition) is 5. The van der Waals surface area contributed by atoms with Crippen molar-refractivity contribution in [2.24, 2.45) is 5.92 Å². The van der Waals surface area contributed by atoms with Crippen LogP contribution in [0.1, 0.15) is 38.2 Å². The van der Waals surface area contributed by atoms with Gasteiger partial charge in [0.1, 0.15) is 0 Å². The molecule has 1 aliphatic carbocycles. The molecule has 1 aromatic rings. The highest BCUT2D eigenvalue weighted by atomic mass is 16.5. The largest absolute Gasteiger partial charge is 0.493 e. The molecule has 0 radical (unpaired) electrons. The summed E-state index contributed by atoms with van der Waals surface area (Å²) in [6, 6.07) is 5.53. The van der Waals surface area contributed by atoms with Gasteiger partial charge in [-0.05, 0) is 30.9 Å². The van der Waals surface area contributed by atoms with Crippen LogP contribution in [0.3, 0.4) is 0 Å². The maximum atomic E-state index is 12.0. The highest BCUT2D eigenvalue weighted by molar-refractivity contribution is 5.90. The van der Waals surface area contributed by atoms with Gasteiger partial charge in [0.25, 0.3) is 5.91 Å². The fourth-order valence-corrected chi connectivity index (χ4v) is 3.16. The Hall–Kier alpha value is -2.50. The predicted octanol–water partition coefficient (Wildman–Crippen LogP) is 2.96. The molecule has 2 atom stereocenters. The summed E-state index contributed by atoms with van der Waals surface area (Å²) >= 11 is 0. The second-order valence-corrected chi connectivity index (χ2v) is 6.46. The molecule has 1 N–H and O–H groups in total. The van der Waals surface area contributed by atoms with Crippen molar-refractivity contribution in [2.45, 2.75) is 38.6 Å². The van der Waals surface area contributed by atoms with Gasteiger partial charge in [-0.3, -0.25) is 4.79 Å². The third-order valence-corrected chi connectivity index (χ3v) is 4.64. The van der Waals surface area contributed by atoms with Crippen LogP contribution in [0.25, 0.3) is 6.08 Å². The van der Waals surface area contributed by atoms with E-state index in [1.54, 1.807) is 31.4 Å².